The normalized spacial score (nSPS) is 15.0. The largest absolute Gasteiger partial charge is 0.497 e. The number of hydrogen-bond donors (Lipinski definition) is 0. The van der Waals surface area contributed by atoms with Gasteiger partial charge in [-0.3, -0.25) is 4.79 Å². The van der Waals surface area contributed by atoms with E-state index in [1.54, 1.807) is 33.7 Å². The van der Waals surface area contributed by atoms with Crippen LogP contribution >= 0.6 is 0 Å². The van der Waals surface area contributed by atoms with E-state index in [9.17, 15) is 4.79 Å². The molecule has 2 heterocycles. The summed E-state index contributed by atoms with van der Waals surface area (Å²) in [5.41, 5.74) is 5.07. The quantitative estimate of drug-likeness (QED) is 0.497. The van der Waals surface area contributed by atoms with Crippen LogP contribution in [0.25, 0.3) is 27.7 Å². The molecule has 0 N–H and O–H groups in total. The van der Waals surface area contributed by atoms with Crippen LogP contribution in [-0.4, -0.2) is 70.3 Å². The van der Waals surface area contributed by atoms with E-state index in [1.807, 2.05) is 43.0 Å². The molecule has 7 nitrogen and oxygen atoms in total. The first-order chi connectivity index (χ1) is 16.4. The van der Waals surface area contributed by atoms with Crippen molar-refractivity contribution in [2.24, 2.45) is 0 Å². The topological polar surface area (TPSA) is 64.4 Å². The highest BCUT2D eigenvalue weighted by Gasteiger charge is 2.22. The zero-order valence-electron chi connectivity index (χ0n) is 20.7. The van der Waals surface area contributed by atoms with Gasteiger partial charge < -0.3 is 28.4 Å². The Kier molecular flexibility index (Phi) is 6.84. The summed E-state index contributed by atoms with van der Waals surface area (Å²) in [6.07, 6.45) is 3.44. The number of hydrogen-bond acceptors (Lipinski definition) is 6. The first kappa shape index (κ1) is 23.7. The van der Waals surface area contributed by atoms with Crippen LogP contribution in [0, 0.1) is 6.92 Å². The minimum atomic E-state index is 0.0206. The number of carbonyl (C=O) groups is 1. The van der Waals surface area contributed by atoms with E-state index in [1.165, 1.54) is 0 Å². The molecule has 1 aromatic heterocycles. The third-order valence-corrected chi connectivity index (χ3v) is 6.52. The molecule has 1 aliphatic rings. The molecule has 1 saturated heterocycles. The molecule has 0 saturated carbocycles. The van der Waals surface area contributed by atoms with Crippen molar-refractivity contribution >= 4 is 22.4 Å². The average molecular weight is 465 g/mol. The Morgan fingerprint density at radius 2 is 1.74 bits per heavy atom. The molecule has 34 heavy (non-hydrogen) atoms. The van der Waals surface area contributed by atoms with E-state index >= 15 is 0 Å². The van der Waals surface area contributed by atoms with Gasteiger partial charge in [-0.1, -0.05) is 0 Å². The number of ether oxygens (including phenoxy) is 3. The monoisotopic (exact) mass is 464 g/mol. The predicted molar refractivity (Wildman–Crippen MR) is 134 cm³/mol. The van der Waals surface area contributed by atoms with Gasteiger partial charge in [0.15, 0.2) is 0 Å². The molecule has 180 valence electrons. The van der Waals surface area contributed by atoms with Gasteiger partial charge in [0.1, 0.15) is 22.8 Å². The minimum Gasteiger partial charge on any atom is -0.497 e. The lowest BCUT2D eigenvalue weighted by Crippen LogP contribution is -2.46. The molecule has 0 radical (unpaired) electrons. The maximum atomic E-state index is 13.0. The lowest BCUT2D eigenvalue weighted by Gasteiger charge is -2.31. The van der Waals surface area contributed by atoms with Gasteiger partial charge in [0.05, 0.1) is 27.6 Å². The van der Waals surface area contributed by atoms with Gasteiger partial charge in [-0.05, 0) is 50.7 Å². The summed E-state index contributed by atoms with van der Waals surface area (Å²) in [6.45, 7) is 7.15. The van der Waals surface area contributed by atoms with Crippen molar-refractivity contribution in [3.63, 3.8) is 0 Å². The molecule has 1 amide bonds. The van der Waals surface area contributed by atoms with Crippen LogP contribution in [0.4, 0.5) is 0 Å². The van der Waals surface area contributed by atoms with Crippen molar-refractivity contribution in [3.05, 3.63) is 47.7 Å². The standard InChI is InChI=1S/C27H32N2O5/c1-17(13-25(30)29-11-9-28(3)10-12-29)20-15-22-23(16-34-27(22)18(2)26(20)33-6)21-14-19(31-4)7-8-24(21)32-5/h7-8,13-16H,9-12H2,1-6H3/b17-13+. The third kappa shape index (κ3) is 4.35. The van der Waals surface area contributed by atoms with E-state index in [-0.39, 0.29) is 5.91 Å². The summed E-state index contributed by atoms with van der Waals surface area (Å²) in [5.74, 6) is 2.17. The zero-order chi connectivity index (χ0) is 24.4. The SMILES string of the molecule is COc1ccc(OC)c(-c2coc3c(C)c(OC)c(/C(C)=C/C(=O)N4CCN(C)CC4)cc23)c1. The van der Waals surface area contributed by atoms with Crippen molar-refractivity contribution in [1.29, 1.82) is 0 Å². The van der Waals surface area contributed by atoms with Gasteiger partial charge in [-0.15, -0.1) is 0 Å². The Labute approximate surface area is 200 Å². The van der Waals surface area contributed by atoms with Crippen LogP contribution in [0.5, 0.6) is 17.2 Å². The molecule has 0 spiro atoms. The summed E-state index contributed by atoms with van der Waals surface area (Å²) >= 11 is 0. The third-order valence-electron chi connectivity index (χ3n) is 6.52. The first-order valence-electron chi connectivity index (χ1n) is 11.3. The summed E-state index contributed by atoms with van der Waals surface area (Å²) in [4.78, 5) is 17.1. The van der Waals surface area contributed by atoms with Gasteiger partial charge in [-0.25, -0.2) is 0 Å². The van der Waals surface area contributed by atoms with E-state index in [0.29, 0.717) is 5.75 Å². The van der Waals surface area contributed by atoms with Crippen LogP contribution in [0.2, 0.25) is 0 Å². The first-order valence-corrected chi connectivity index (χ1v) is 11.3. The fraction of sp³-hybridized carbons (Fsp3) is 0.370. The van der Waals surface area contributed by atoms with Crippen LogP contribution < -0.4 is 14.2 Å². The summed E-state index contributed by atoms with van der Waals surface area (Å²) in [7, 11) is 7.00. The molecule has 0 aliphatic carbocycles. The fourth-order valence-corrected chi connectivity index (χ4v) is 4.49. The predicted octanol–water partition coefficient (Wildman–Crippen LogP) is 4.61. The zero-order valence-corrected chi connectivity index (χ0v) is 20.7. The van der Waals surface area contributed by atoms with E-state index in [4.69, 9.17) is 18.6 Å². The summed E-state index contributed by atoms with van der Waals surface area (Å²) in [5, 5.41) is 0.916. The number of fused-ring (bicyclic) bond motifs is 1. The summed E-state index contributed by atoms with van der Waals surface area (Å²) in [6, 6.07) is 7.70. The van der Waals surface area contributed by atoms with E-state index < -0.39 is 0 Å². The lowest BCUT2D eigenvalue weighted by molar-refractivity contribution is -0.127. The number of furan rings is 1. The van der Waals surface area contributed by atoms with Crippen molar-refractivity contribution in [3.8, 4) is 28.4 Å². The molecule has 3 aromatic rings. The Bertz CT molecular complexity index is 1240. The summed E-state index contributed by atoms with van der Waals surface area (Å²) < 4.78 is 22.8. The number of rotatable bonds is 6. The van der Waals surface area contributed by atoms with Crippen LogP contribution in [0.3, 0.4) is 0 Å². The van der Waals surface area contributed by atoms with E-state index in [0.717, 1.165) is 76.5 Å². The number of piperazine rings is 1. The number of nitrogens with zero attached hydrogens (tertiary/aromatic N) is 2. The molecule has 1 aliphatic heterocycles. The number of allylic oxidation sites excluding steroid dienone is 1. The van der Waals surface area contributed by atoms with Crippen molar-refractivity contribution in [2.45, 2.75) is 13.8 Å². The van der Waals surface area contributed by atoms with Crippen molar-refractivity contribution in [1.82, 2.24) is 9.80 Å². The number of carbonyl (C=O) groups excluding carboxylic acids is 1. The minimum absolute atomic E-state index is 0.0206. The van der Waals surface area contributed by atoms with Gasteiger partial charge in [0.25, 0.3) is 0 Å². The van der Waals surface area contributed by atoms with Gasteiger partial charge in [0.2, 0.25) is 5.91 Å². The Morgan fingerprint density at radius 1 is 1.00 bits per heavy atom. The van der Waals surface area contributed by atoms with Gasteiger partial charge in [0, 0.05) is 59.9 Å². The highest BCUT2D eigenvalue weighted by atomic mass is 16.5. The fourth-order valence-electron chi connectivity index (χ4n) is 4.49. The smallest absolute Gasteiger partial charge is 0.246 e. The van der Waals surface area contributed by atoms with Crippen molar-refractivity contribution in [2.75, 3.05) is 54.6 Å². The molecule has 0 unspecified atom stereocenters. The number of methoxy groups -OCH3 is 3. The molecule has 4 rings (SSSR count). The second-order valence-electron chi connectivity index (χ2n) is 8.63. The van der Waals surface area contributed by atoms with Gasteiger partial charge >= 0.3 is 0 Å². The number of likely N-dealkylation sites (N-methyl/N-ethyl adjacent to an activating group) is 1. The van der Waals surface area contributed by atoms with E-state index in [2.05, 4.69) is 11.9 Å². The molecular weight excluding hydrogens is 432 g/mol. The average Bonchev–Trinajstić information content (AvgIpc) is 3.28. The molecular formula is C27H32N2O5. The highest BCUT2D eigenvalue weighted by molar-refractivity contribution is 6.02. The lowest BCUT2D eigenvalue weighted by atomic mass is 9.96. The second-order valence-corrected chi connectivity index (χ2v) is 8.63. The van der Waals surface area contributed by atoms with Crippen LogP contribution in [0.1, 0.15) is 18.1 Å². The number of amides is 1. The maximum Gasteiger partial charge on any atom is 0.246 e. The number of aryl methyl sites for hydroxylation is 1. The number of benzene rings is 2. The Morgan fingerprint density at radius 3 is 2.38 bits per heavy atom. The van der Waals surface area contributed by atoms with Crippen molar-refractivity contribution < 1.29 is 23.4 Å². The maximum absolute atomic E-state index is 13.0. The molecule has 7 heteroatoms. The second kappa shape index (κ2) is 9.81. The van der Waals surface area contributed by atoms with Gasteiger partial charge in [-0.2, -0.15) is 0 Å². The highest BCUT2D eigenvalue weighted by Crippen LogP contribution is 2.43. The van der Waals surface area contributed by atoms with Crippen LogP contribution in [-0.2, 0) is 4.79 Å². The van der Waals surface area contributed by atoms with Crippen LogP contribution in [0.15, 0.2) is 41.0 Å². The Hall–Kier alpha value is -3.45. The molecule has 1 fully saturated rings. The Balaban J connectivity index is 1.82. The molecule has 2 aromatic carbocycles. The molecule has 0 atom stereocenters. The molecule has 0 bridgehead atoms.